The zero-order valence-corrected chi connectivity index (χ0v) is 8.97. The average Bonchev–Trinajstić information content (AvgIpc) is 2.85. The SMILES string of the molecule is O=C1C=C(CO)CC=C1OC(=O)c1ccc[nH]1. The average molecular weight is 233 g/mol. The Morgan fingerprint density at radius 1 is 1.53 bits per heavy atom. The molecule has 2 rings (SSSR count). The van der Waals surface area contributed by atoms with Crippen molar-refractivity contribution < 1.29 is 19.4 Å². The molecule has 1 heterocycles. The van der Waals surface area contributed by atoms with Crippen molar-refractivity contribution in [2.45, 2.75) is 6.42 Å². The van der Waals surface area contributed by atoms with Gasteiger partial charge < -0.3 is 14.8 Å². The summed E-state index contributed by atoms with van der Waals surface area (Å²) >= 11 is 0. The van der Waals surface area contributed by atoms with E-state index >= 15 is 0 Å². The number of aliphatic hydroxyl groups is 1. The highest BCUT2D eigenvalue weighted by atomic mass is 16.5. The maximum Gasteiger partial charge on any atom is 0.360 e. The van der Waals surface area contributed by atoms with Gasteiger partial charge in [0, 0.05) is 6.20 Å². The number of nitrogens with one attached hydrogen (secondary N) is 1. The molecule has 0 amide bonds. The summed E-state index contributed by atoms with van der Waals surface area (Å²) in [6.45, 7) is -0.167. The van der Waals surface area contributed by atoms with Crippen LogP contribution in [0.3, 0.4) is 0 Å². The van der Waals surface area contributed by atoms with Crippen molar-refractivity contribution in [1.29, 1.82) is 0 Å². The van der Waals surface area contributed by atoms with Crippen LogP contribution in [-0.2, 0) is 9.53 Å². The van der Waals surface area contributed by atoms with Crippen LogP contribution in [0.1, 0.15) is 16.9 Å². The molecule has 1 aliphatic rings. The van der Waals surface area contributed by atoms with Crippen molar-refractivity contribution in [1.82, 2.24) is 4.98 Å². The highest BCUT2D eigenvalue weighted by Gasteiger charge is 2.19. The van der Waals surface area contributed by atoms with Gasteiger partial charge in [0.2, 0.25) is 5.78 Å². The third kappa shape index (κ3) is 2.51. The Morgan fingerprint density at radius 2 is 2.35 bits per heavy atom. The van der Waals surface area contributed by atoms with E-state index in [0.29, 0.717) is 12.0 Å². The topological polar surface area (TPSA) is 79.4 Å². The number of H-pyrrole nitrogens is 1. The number of esters is 1. The van der Waals surface area contributed by atoms with Gasteiger partial charge in [0.05, 0.1) is 6.61 Å². The summed E-state index contributed by atoms with van der Waals surface area (Å²) in [4.78, 5) is 25.8. The van der Waals surface area contributed by atoms with E-state index in [0.717, 1.165) is 0 Å². The van der Waals surface area contributed by atoms with Gasteiger partial charge >= 0.3 is 5.97 Å². The number of ketones is 1. The van der Waals surface area contributed by atoms with Crippen molar-refractivity contribution in [3.63, 3.8) is 0 Å². The van der Waals surface area contributed by atoms with Crippen LogP contribution in [0.2, 0.25) is 0 Å². The molecule has 0 atom stereocenters. The summed E-state index contributed by atoms with van der Waals surface area (Å²) in [5, 5.41) is 8.86. The monoisotopic (exact) mass is 233 g/mol. The van der Waals surface area contributed by atoms with Gasteiger partial charge in [0.25, 0.3) is 0 Å². The minimum absolute atomic E-state index is 0.00167. The quantitative estimate of drug-likeness (QED) is 0.762. The third-order valence-corrected chi connectivity index (χ3v) is 2.35. The van der Waals surface area contributed by atoms with E-state index in [2.05, 4.69) is 4.98 Å². The predicted octanol–water partition coefficient (Wildman–Crippen LogP) is 0.947. The van der Waals surface area contributed by atoms with Crippen molar-refractivity contribution in [2.24, 2.45) is 0 Å². The number of ether oxygens (including phenoxy) is 1. The Bertz CT molecular complexity index is 497. The number of rotatable bonds is 3. The lowest BCUT2D eigenvalue weighted by atomic mass is 10.0. The molecule has 1 aromatic rings. The lowest BCUT2D eigenvalue weighted by Gasteiger charge is -2.11. The van der Waals surface area contributed by atoms with Crippen molar-refractivity contribution >= 4 is 11.8 Å². The van der Waals surface area contributed by atoms with Crippen LogP contribution < -0.4 is 0 Å². The molecule has 2 N–H and O–H groups in total. The van der Waals surface area contributed by atoms with Gasteiger partial charge in [-0.3, -0.25) is 4.79 Å². The second-order valence-electron chi connectivity index (χ2n) is 3.57. The van der Waals surface area contributed by atoms with E-state index in [-0.39, 0.29) is 18.1 Å². The van der Waals surface area contributed by atoms with Crippen molar-refractivity contribution in [3.05, 3.63) is 47.5 Å². The molecular formula is C12H11NO4. The van der Waals surface area contributed by atoms with E-state index in [9.17, 15) is 9.59 Å². The van der Waals surface area contributed by atoms with E-state index in [1.165, 1.54) is 12.2 Å². The number of hydrogen-bond acceptors (Lipinski definition) is 4. The smallest absolute Gasteiger partial charge is 0.360 e. The molecule has 1 aromatic heterocycles. The molecule has 1 aliphatic carbocycles. The van der Waals surface area contributed by atoms with E-state index in [1.54, 1.807) is 18.3 Å². The van der Waals surface area contributed by atoms with E-state index in [4.69, 9.17) is 9.84 Å². The van der Waals surface area contributed by atoms with E-state index in [1.807, 2.05) is 0 Å². The molecule has 0 spiro atoms. The van der Waals surface area contributed by atoms with E-state index < -0.39 is 11.8 Å². The minimum atomic E-state index is -0.601. The normalized spacial score (nSPS) is 15.2. The molecule has 5 nitrogen and oxygen atoms in total. The van der Waals surface area contributed by atoms with Gasteiger partial charge in [-0.25, -0.2) is 4.79 Å². The summed E-state index contributed by atoms with van der Waals surface area (Å²) in [5.41, 5.74) is 0.894. The van der Waals surface area contributed by atoms with Gasteiger partial charge in [0.15, 0.2) is 5.76 Å². The van der Waals surface area contributed by atoms with Crippen LogP contribution in [0.25, 0.3) is 0 Å². The summed E-state index contributed by atoms with van der Waals surface area (Å²) in [6.07, 6.45) is 4.79. The highest BCUT2D eigenvalue weighted by Crippen LogP contribution is 2.16. The molecule has 0 saturated carbocycles. The molecule has 0 fully saturated rings. The predicted molar refractivity (Wildman–Crippen MR) is 59.1 cm³/mol. The second-order valence-corrected chi connectivity index (χ2v) is 3.57. The summed E-state index contributed by atoms with van der Waals surface area (Å²) in [6, 6.07) is 3.22. The maximum atomic E-state index is 11.6. The number of aromatic amines is 1. The molecule has 0 aliphatic heterocycles. The third-order valence-electron chi connectivity index (χ3n) is 2.35. The van der Waals surface area contributed by atoms with Gasteiger partial charge in [-0.05, 0) is 36.3 Å². The number of hydrogen-bond donors (Lipinski definition) is 2. The zero-order chi connectivity index (χ0) is 12.3. The lowest BCUT2D eigenvalue weighted by Crippen LogP contribution is -2.14. The molecule has 5 heteroatoms. The Morgan fingerprint density at radius 3 is 2.94 bits per heavy atom. The van der Waals surface area contributed by atoms with Crippen LogP contribution in [0, 0.1) is 0 Å². The summed E-state index contributed by atoms with van der Waals surface area (Å²) < 4.78 is 4.96. The molecular weight excluding hydrogens is 222 g/mol. The minimum Gasteiger partial charge on any atom is -0.418 e. The number of aliphatic hydroxyl groups excluding tert-OH is 1. The number of allylic oxidation sites excluding steroid dienone is 2. The van der Waals surface area contributed by atoms with Gasteiger partial charge in [-0.15, -0.1) is 0 Å². The first kappa shape index (κ1) is 11.3. The second kappa shape index (κ2) is 4.80. The molecule has 0 aromatic carbocycles. The van der Waals surface area contributed by atoms with Crippen molar-refractivity contribution in [3.8, 4) is 0 Å². The number of carbonyl (C=O) groups is 2. The van der Waals surface area contributed by atoms with Crippen LogP contribution >= 0.6 is 0 Å². The Hall–Kier alpha value is -2.14. The standard InChI is InChI=1S/C12H11NO4/c14-7-8-3-4-11(10(15)6-8)17-12(16)9-2-1-5-13-9/h1-2,4-6,13-14H,3,7H2. The van der Waals surface area contributed by atoms with Gasteiger partial charge in [-0.1, -0.05) is 0 Å². The summed E-state index contributed by atoms with van der Waals surface area (Å²) in [5.74, 6) is -1.00. The first-order valence-electron chi connectivity index (χ1n) is 5.11. The van der Waals surface area contributed by atoms with Crippen LogP contribution in [0.15, 0.2) is 41.8 Å². The largest absolute Gasteiger partial charge is 0.418 e. The fourth-order valence-electron chi connectivity index (χ4n) is 1.45. The number of carbonyl (C=O) groups excluding carboxylic acids is 2. The molecule has 0 bridgehead atoms. The molecule has 0 radical (unpaired) electrons. The first-order chi connectivity index (χ1) is 8.20. The van der Waals surface area contributed by atoms with Crippen LogP contribution in [0.5, 0.6) is 0 Å². The maximum absolute atomic E-state index is 11.6. The fourth-order valence-corrected chi connectivity index (χ4v) is 1.45. The first-order valence-corrected chi connectivity index (χ1v) is 5.11. The summed E-state index contributed by atoms with van der Waals surface area (Å²) in [7, 11) is 0. The Labute approximate surface area is 97.4 Å². The lowest BCUT2D eigenvalue weighted by molar-refractivity contribution is -0.114. The van der Waals surface area contributed by atoms with Gasteiger partial charge in [-0.2, -0.15) is 0 Å². The van der Waals surface area contributed by atoms with Crippen molar-refractivity contribution in [2.75, 3.05) is 6.61 Å². The Balaban J connectivity index is 2.04. The number of aromatic nitrogens is 1. The van der Waals surface area contributed by atoms with Gasteiger partial charge in [0.1, 0.15) is 5.69 Å². The highest BCUT2D eigenvalue weighted by molar-refractivity contribution is 6.06. The Kier molecular flexibility index (Phi) is 3.20. The fraction of sp³-hybridized carbons (Fsp3) is 0.167. The molecule has 0 saturated heterocycles. The zero-order valence-electron chi connectivity index (χ0n) is 8.97. The van der Waals surface area contributed by atoms with Crippen LogP contribution in [0.4, 0.5) is 0 Å². The molecule has 88 valence electrons. The molecule has 17 heavy (non-hydrogen) atoms. The van der Waals surface area contributed by atoms with Crippen LogP contribution in [-0.4, -0.2) is 28.4 Å². The molecule has 0 unspecified atom stereocenters.